The van der Waals surface area contributed by atoms with Crippen LogP contribution in [0.3, 0.4) is 0 Å². The number of esters is 1. The fourth-order valence-electron chi connectivity index (χ4n) is 4.61. The lowest BCUT2D eigenvalue weighted by Crippen LogP contribution is -2.22. The molecule has 1 atom stereocenters. The van der Waals surface area contributed by atoms with Gasteiger partial charge in [-0.1, -0.05) is 0 Å². The highest BCUT2D eigenvalue weighted by Crippen LogP contribution is 2.50. The fraction of sp³-hybridized carbons (Fsp3) is 0.154. The monoisotopic (exact) mass is 490 g/mol. The molecule has 0 bridgehead atoms. The molecule has 3 aromatic carbocycles. The summed E-state index contributed by atoms with van der Waals surface area (Å²) in [7, 11) is 1.48. The minimum atomic E-state index is -0.639. The smallest absolute Gasteiger partial charge is 0.312 e. The molecular formula is C26H18O10. The first-order chi connectivity index (χ1) is 17.3. The summed E-state index contributed by atoms with van der Waals surface area (Å²) in [6.07, 6.45) is -0.0798. The van der Waals surface area contributed by atoms with E-state index in [9.17, 15) is 24.9 Å². The number of hydrogen-bond acceptors (Lipinski definition) is 10. The van der Waals surface area contributed by atoms with Crippen molar-refractivity contribution in [3.05, 3.63) is 63.8 Å². The van der Waals surface area contributed by atoms with Gasteiger partial charge in [0.05, 0.1) is 13.5 Å². The Balaban J connectivity index is 1.63. The molecule has 3 N–H and O–H groups in total. The van der Waals surface area contributed by atoms with E-state index >= 15 is 0 Å². The van der Waals surface area contributed by atoms with Crippen LogP contribution in [0.15, 0.2) is 51.7 Å². The molecule has 0 saturated carbocycles. The third-order valence-corrected chi connectivity index (χ3v) is 6.27. The first-order valence-corrected chi connectivity index (χ1v) is 10.9. The maximum absolute atomic E-state index is 13.1. The second-order valence-electron chi connectivity index (χ2n) is 8.38. The second kappa shape index (κ2) is 7.84. The zero-order chi connectivity index (χ0) is 25.1. The molecule has 0 fully saturated rings. The number of hydrogen-bond donors (Lipinski definition) is 3. The molecule has 1 aromatic heterocycles. The van der Waals surface area contributed by atoms with Crippen LogP contribution in [0.5, 0.6) is 40.2 Å². The number of carbonyl (C=O) groups is 1. The van der Waals surface area contributed by atoms with Crippen molar-refractivity contribution < 1.29 is 43.5 Å². The molecule has 4 aromatic rings. The van der Waals surface area contributed by atoms with Crippen molar-refractivity contribution in [1.29, 1.82) is 0 Å². The van der Waals surface area contributed by atoms with E-state index in [1.165, 1.54) is 37.4 Å². The lowest BCUT2D eigenvalue weighted by molar-refractivity contribution is -0.135. The van der Waals surface area contributed by atoms with Crippen molar-refractivity contribution in [1.82, 2.24) is 0 Å². The Morgan fingerprint density at radius 1 is 0.917 bits per heavy atom. The van der Waals surface area contributed by atoms with E-state index in [1.54, 1.807) is 12.1 Å². The van der Waals surface area contributed by atoms with Crippen molar-refractivity contribution in [3.8, 4) is 51.6 Å². The summed E-state index contributed by atoms with van der Waals surface area (Å²) in [6, 6.07) is 9.79. The molecule has 182 valence electrons. The van der Waals surface area contributed by atoms with Gasteiger partial charge < -0.3 is 38.7 Å². The van der Waals surface area contributed by atoms with Crippen LogP contribution in [-0.2, 0) is 4.79 Å². The minimum Gasteiger partial charge on any atom is -0.507 e. The molecular weight excluding hydrogens is 472 g/mol. The minimum absolute atomic E-state index is 0.0208. The third kappa shape index (κ3) is 3.26. The molecule has 0 aliphatic carbocycles. The third-order valence-electron chi connectivity index (χ3n) is 6.27. The van der Waals surface area contributed by atoms with Gasteiger partial charge in [-0.15, -0.1) is 0 Å². The van der Waals surface area contributed by atoms with E-state index in [1.807, 2.05) is 0 Å². The van der Waals surface area contributed by atoms with Gasteiger partial charge in [0.1, 0.15) is 28.2 Å². The normalized spacial score (nSPS) is 16.0. The molecule has 0 unspecified atom stereocenters. The summed E-state index contributed by atoms with van der Waals surface area (Å²) in [4.78, 5) is 25.6. The number of methoxy groups -OCH3 is 1. The summed E-state index contributed by atoms with van der Waals surface area (Å²) in [5, 5.41) is 30.1. The van der Waals surface area contributed by atoms with Crippen molar-refractivity contribution >= 4 is 16.9 Å². The van der Waals surface area contributed by atoms with Gasteiger partial charge in [-0.3, -0.25) is 9.59 Å². The predicted molar refractivity (Wildman–Crippen MR) is 124 cm³/mol. The summed E-state index contributed by atoms with van der Waals surface area (Å²) < 4.78 is 28.0. The number of rotatable bonds is 3. The summed E-state index contributed by atoms with van der Waals surface area (Å²) in [6.45, 7) is 0.0208. The molecule has 36 heavy (non-hydrogen) atoms. The molecule has 2 aliphatic heterocycles. The highest BCUT2D eigenvalue weighted by atomic mass is 16.7. The molecule has 0 spiro atoms. The number of benzene rings is 3. The van der Waals surface area contributed by atoms with E-state index in [-0.39, 0.29) is 41.4 Å². The highest BCUT2D eigenvalue weighted by molar-refractivity contribution is 5.93. The Hall–Kier alpha value is -4.86. The van der Waals surface area contributed by atoms with Gasteiger partial charge in [0, 0.05) is 29.2 Å². The quantitative estimate of drug-likeness (QED) is 0.220. The first-order valence-electron chi connectivity index (χ1n) is 10.9. The van der Waals surface area contributed by atoms with Crippen molar-refractivity contribution in [3.63, 3.8) is 0 Å². The second-order valence-corrected chi connectivity index (χ2v) is 8.38. The molecule has 6 rings (SSSR count). The summed E-state index contributed by atoms with van der Waals surface area (Å²) in [5.41, 5.74) is 0.796. The maximum Gasteiger partial charge on any atom is 0.312 e. The highest BCUT2D eigenvalue weighted by Gasteiger charge is 2.35. The Bertz CT molecular complexity index is 1630. The molecule has 0 radical (unpaired) electrons. The summed E-state index contributed by atoms with van der Waals surface area (Å²) >= 11 is 0. The molecule has 3 heterocycles. The van der Waals surface area contributed by atoms with E-state index in [0.29, 0.717) is 33.9 Å². The average Bonchev–Trinajstić information content (AvgIpc) is 3.33. The van der Waals surface area contributed by atoms with Gasteiger partial charge in [0.25, 0.3) is 0 Å². The van der Waals surface area contributed by atoms with Gasteiger partial charge in [-0.05, 0) is 35.9 Å². The lowest BCUT2D eigenvalue weighted by atomic mass is 9.84. The van der Waals surface area contributed by atoms with Gasteiger partial charge in [-0.2, -0.15) is 0 Å². The standard InChI is InChI=1S/C26H18O10/c1-32-20-5-12(6-21-25(20)34-10-33-21)13-7-22(31)35-19-9-17(30)24-16(29)8-18(36-26(24)23(13)19)11-2-3-14(27)15(28)4-11/h2-6,8-9,13,27-28,30H,7,10H2,1H3/t13-/m1/s1. The van der Waals surface area contributed by atoms with Gasteiger partial charge in [0.15, 0.2) is 28.4 Å². The number of carbonyl (C=O) groups excluding carboxylic acids is 1. The topological polar surface area (TPSA) is 145 Å². The SMILES string of the molecule is COc1cc([C@H]2CC(=O)Oc3cc(O)c4c(=O)cc(-c5ccc(O)c(O)c5)oc4c32)cc2c1OCO2. The van der Waals surface area contributed by atoms with E-state index in [2.05, 4.69) is 0 Å². The van der Waals surface area contributed by atoms with Gasteiger partial charge in [0.2, 0.25) is 12.5 Å². The number of ether oxygens (including phenoxy) is 4. The van der Waals surface area contributed by atoms with Crippen molar-refractivity contribution in [2.24, 2.45) is 0 Å². The molecule has 10 heteroatoms. The number of phenolic OH excluding ortho intramolecular Hbond substituents is 3. The maximum atomic E-state index is 13.1. The largest absolute Gasteiger partial charge is 0.507 e. The van der Waals surface area contributed by atoms with Crippen LogP contribution in [0.25, 0.3) is 22.3 Å². The van der Waals surface area contributed by atoms with Crippen LogP contribution in [0, 0.1) is 0 Å². The van der Waals surface area contributed by atoms with E-state index < -0.39 is 28.8 Å². The lowest BCUT2D eigenvalue weighted by Gasteiger charge is -2.26. The van der Waals surface area contributed by atoms with Crippen molar-refractivity contribution in [2.45, 2.75) is 12.3 Å². The van der Waals surface area contributed by atoms with Crippen LogP contribution in [0.4, 0.5) is 0 Å². The zero-order valence-electron chi connectivity index (χ0n) is 18.7. The first kappa shape index (κ1) is 21.7. The Kier molecular flexibility index (Phi) is 4.72. The Morgan fingerprint density at radius 3 is 2.53 bits per heavy atom. The van der Waals surface area contributed by atoms with E-state index in [4.69, 9.17) is 23.4 Å². The van der Waals surface area contributed by atoms with E-state index in [0.717, 1.165) is 0 Å². The van der Waals surface area contributed by atoms with Crippen molar-refractivity contribution in [2.75, 3.05) is 13.9 Å². The molecule has 0 saturated heterocycles. The molecule has 2 aliphatic rings. The number of phenols is 3. The zero-order valence-corrected chi connectivity index (χ0v) is 18.7. The number of aromatic hydroxyl groups is 3. The van der Waals surface area contributed by atoms with Crippen LogP contribution >= 0.6 is 0 Å². The molecule has 0 amide bonds. The average molecular weight is 490 g/mol. The fourth-order valence-corrected chi connectivity index (χ4v) is 4.61. The Morgan fingerprint density at radius 2 is 1.75 bits per heavy atom. The summed E-state index contributed by atoms with van der Waals surface area (Å²) in [5.74, 6) is -0.899. The van der Waals surface area contributed by atoms with Crippen LogP contribution in [-0.4, -0.2) is 35.2 Å². The van der Waals surface area contributed by atoms with Gasteiger partial charge >= 0.3 is 5.97 Å². The number of fused-ring (bicyclic) bond motifs is 4. The van der Waals surface area contributed by atoms with Crippen LogP contribution in [0.1, 0.15) is 23.5 Å². The van der Waals surface area contributed by atoms with Crippen LogP contribution in [0.2, 0.25) is 0 Å². The molecule has 10 nitrogen and oxygen atoms in total. The Labute approximate surface area is 202 Å². The van der Waals surface area contributed by atoms with Crippen LogP contribution < -0.4 is 24.4 Å². The van der Waals surface area contributed by atoms with Gasteiger partial charge in [-0.25, -0.2) is 0 Å². The predicted octanol–water partition coefficient (Wildman–Crippen LogP) is 3.76.